The first-order valence-corrected chi connectivity index (χ1v) is 6.46. The summed E-state index contributed by atoms with van der Waals surface area (Å²) >= 11 is 0. The summed E-state index contributed by atoms with van der Waals surface area (Å²) in [5.41, 5.74) is 10.4. The van der Waals surface area contributed by atoms with Crippen LogP contribution in [0.4, 0.5) is 0 Å². The molecule has 6 nitrogen and oxygen atoms in total. The van der Waals surface area contributed by atoms with E-state index < -0.39 is 11.9 Å². The normalized spacial score (nSPS) is 12.6. The second-order valence-electron chi connectivity index (χ2n) is 3.99. The number of nitrogens with two attached hydrogens (primary N) is 2. The van der Waals surface area contributed by atoms with Gasteiger partial charge in [-0.2, -0.15) is 0 Å². The number of primary amides is 1. The molecule has 0 rings (SSSR count). The molecule has 18 heavy (non-hydrogen) atoms. The summed E-state index contributed by atoms with van der Waals surface area (Å²) in [4.78, 5) is 10.6. The van der Waals surface area contributed by atoms with Crippen molar-refractivity contribution in [3.8, 4) is 0 Å². The molecule has 4 N–H and O–H groups in total. The number of amides is 1. The van der Waals surface area contributed by atoms with E-state index in [1.54, 1.807) is 0 Å². The van der Waals surface area contributed by atoms with Gasteiger partial charge >= 0.3 is 0 Å². The molecule has 0 aromatic carbocycles. The number of hydrogen-bond acceptors (Lipinski definition) is 5. The third-order valence-corrected chi connectivity index (χ3v) is 2.32. The Balaban J connectivity index is 3.05. The van der Waals surface area contributed by atoms with E-state index in [1.165, 1.54) is 0 Å². The summed E-state index contributed by atoms with van der Waals surface area (Å²) < 4.78 is 15.9. The largest absolute Gasteiger partial charge is 0.379 e. The molecule has 108 valence electrons. The fraction of sp³-hybridized carbons (Fsp3) is 0.917. The van der Waals surface area contributed by atoms with Crippen molar-refractivity contribution in [2.24, 2.45) is 11.5 Å². The molecule has 1 amide bonds. The van der Waals surface area contributed by atoms with Crippen molar-refractivity contribution >= 4 is 5.91 Å². The molecule has 0 bridgehead atoms. The topological polar surface area (TPSA) is 96.8 Å². The monoisotopic (exact) mass is 262 g/mol. The summed E-state index contributed by atoms with van der Waals surface area (Å²) in [5.74, 6) is -0.501. The minimum atomic E-state index is -0.627. The summed E-state index contributed by atoms with van der Waals surface area (Å²) in [6, 6.07) is -0.627. The molecule has 0 aromatic heterocycles. The van der Waals surface area contributed by atoms with Crippen LogP contribution in [0.1, 0.15) is 26.2 Å². The van der Waals surface area contributed by atoms with Crippen LogP contribution in [0.2, 0.25) is 0 Å². The zero-order valence-electron chi connectivity index (χ0n) is 11.2. The molecule has 0 spiro atoms. The first kappa shape index (κ1) is 17.3. The number of unbranched alkanes of at least 4 members (excludes halogenated alkanes) is 1. The van der Waals surface area contributed by atoms with Crippen LogP contribution < -0.4 is 11.5 Å². The van der Waals surface area contributed by atoms with Crippen LogP contribution in [0.25, 0.3) is 0 Å². The minimum absolute atomic E-state index is 0.417. The van der Waals surface area contributed by atoms with Crippen LogP contribution in [0.5, 0.6) is 0 Å². The highest BCUT2D eigenvalue weighted by Gasteiger charge is 2.07. The minimum Gasteiger partial charge on any atom is -0.379 e. The van der Waals surface area contributed by atoms with Crippen LogP contribution in [0.15, 0.2) is 0 Å². The van der Waals surface area contributed by atoms with Gasteiger partial charge in [-0.05, 0) is 12.8 Å². The maximum Gasteiger partial charge on any atom is 0.234 e. The molecule has 0 aliphatic carbocycles. The third-order valence-electron chi connectivity index (χ3n) is 2.32. The van der Waals surface area contributed by atoms with E-state index in [0.29, 0.717) is 39.5 Å². The Morgan fingerprint density at radius 1 is 1.00 bits per heavy atom. The zero-order valence-corrected chi connectivity index (χ0v) is 11.2. The Morgan fingerprint density at radius 2 is 1.50 bits per heavy atom. The number of ether oxygens (including phenoxy) is 3. The molecule has 0 fully saturated rings. The molecule has 0 heterocycles. The molecule has 0 aliphatic rings. The molecule has 6 heteroatoms. The van der Waals surface area contributed by atoms with Gasteiger partial charge in [-0.1, -0.05) is 13.3 Å². The third kappa shape index (κ3) is 11.8. The smallest absolute Gasteiger partial charge is 0.234 e. The molecule has 0 radical (unpaired) electrons. The highest BCUT2D eigenvalue weighted by atomic mass is 16.5. The van der Waals surface area contributed by atoms with E-state index >= 15 is 0 Å². The number of rotatable bonds is 13. The molecular weight excluding hydrogens is 236 g/mol. The Hall–Kier alpha value is -0.690. The molecule has 0 saturated heterocycles. The van der Waals surface area contributed by atoms with Gasteiger partial charge in [0.05, 0.1) is 32.5 Å². The first-order valence-electron chi connectivity index (χ1n) is 6.46. The van der Waals surface area contributed by atoms with E-state index in [2.05, 4.69) is 6.92 Å². The lowest BCUT2D eigenvalue weighted by Gasteiger charge is -2.08. The number of carbonyl (C=O) groups excluding carboxylic acids is 1. The Labute approximate surface area is 109 Å². The summed E-state index contributed by atoms with van der Waals surface area (Å²) in [5, 5.41) is 0. The molecule has 0 saturated carbocycles. The van der Waals surface area contributed by atoms with Crippen LogP contribution in [-0.2, 0) is 19.0 Å². The van der Waals surface area contributed by atoms with E-state index in [4.69, 9.17) is 25.7 Å². The van der Waals surface area contributed by atoms with Crippen molar-refractivity contribution < 1.29 is 19.0 Å². The Kier molecular flexibility index (Phi) is 12.3. The SMILES string of the molecule is CCCCOCCOCCOCCC(N)C(N)=O. The highest BCUT2D eigenvalue weighted by Crippen LogP contribution is 1.90. The Morgan fingerprint density at radius 3 is 2.00 bits per heavy atom. The van der Waals surface area contributed by atoms with Crippen molar-refractivity contribution in [2.75, 3.05) is 39.6 Å². The van der Waals surface area contributed by atoms with Gasteiger partial charge in [0.2, 0.25) is 5.91 Å². The lowest BCUT2D eigenvalue weighted by Crippen LogP contribution is -2.37. The van der Waals surface area contributed by atoms with Crippen LogP contribution in [0.3, 0.4) is 0 Å². The van der Waals surface area contributed by atoms with Crippen molar-refractivity contribution in [1.29, 1.82) is 0 Å². The molecule has 0 aromatic rings. The maximum absolute atomic E-state index is 10.6. The molecule has 1 atom stereocenters. The van der Waals surface area contributed by atoms with Crippen molar-refractivity contribution in [3.63, 3.8) is 0 Å². The van der Waals surface area contributed by atoms with Gasteiger partial charge in [0, 0.05) is 13.2 Å². The second kappa shape index (κ2) is 12.8. The number of carbonyl (C=O) groups is 1. The van der Waals surface area contributed by atoms with Crippen LogP contribution in [0, 0.1) is 0 Å². The predicted octanol–water partition coefficient (Wildman–Crippen LogP) is 0.0390. The molecule has 1 unspecified atom stereocenters. The quantitative estimate of drug-likeness (QED) is 0.457. The van der Waals surface area contributed by atoms with E-state index in [1.807, 2.05) is 0 Å². The number of hydrogen-bond donors (Lipinski definition) is 2. The maximum atomic E-state index is 10.6. The fourth-order valence-corrected chi connectivity index (χ4v) is 1.14. The van der Waals surface area contributed by atoms with E-state index in [9.17, 15) is 4.79 Å². The average molecular weight is 262 g/mol. The van der Waals surface area contributed by atoms with Gasteiger partial charge in [-0.3, -0.25) is 4.79 Å². The fourth-order valence-electron chi connectivity index (χ4n) is 1.14. The standard InChI is InChI=1S/C12H26N2O4/c1-2-3-5-16-7-9-18-10-8-17-6-4-11(13)12(14)15/h11H,2-10,13H2,1H3,(H2,14,15). The van der Waals surface area contributed by atoms with Gasteiger partial charge in [0.1, 0.15) is 0 Å². The van der Waals surface area contributed by atoms with E-state index in [0.717, 1.165) is 19.4 Å². The van der Waals surface area contributed by atoms with Crippen LogP contribution >= 0.6 is 0 Å². The van der Waals surface area contributed by atoms with Crippen molar-refractivity contribution in [1.82, 2.24) is 0 Å². The molecular formula is C12H26N2O4. The summed E-state index contributed by atoms with van der Waals surface area (Å²) in [7, 11) is 0. The lowest BCUT2D eigenvalue weighted by atomic mass is 10.2. The van der Waals surface area contributed by atoms with Crippen molar-refractivity contribution in [2.45, 2.75) is 32.2 Å². The van der Waals surface area contributed by atoms with Gasteiger partial charge in [0.15, 0.2) is 0 Å². The van der Waals surface area contributed by atoms with E-state index in [-0.39, 0.29) is 0 Å². The zero-order chi connectivity index (χ0) is 13.6. The summed E-state index contributed by atoms with van der Waals surface area (Å²) in [6.45, 7) is 5.53. The van der Waals surface area contributed by atoms with Gasteiger partial charge in [-0.15, -0.1) is 0 Å². The Bertz CT molecular complexity index is 203. The second-order valence-corrected chi connectivity index (χ2v) is 3.99. The molecule has 0 aliphatic heterocycles. The first-order chi connectivity index (χ1) is 8.68. The van der Waals surface area contributed by atoms with Gasteiger partial charge < -0.3 is 25.7 Å². The van der Waals surface area contributed by atoms with Crippen LogP contribution in [-0.4, -0.2) is 51.6 Å². The highest BCUT2D eigenvalue weighted by molar-refractivity contribution is 5.79. The lowest BCUT2D eigenvalue weighted by molar-refractivity contribution is -0.119. The predicted molar refractivity (Wildman–Crippen MR) is 69.2 cm³/mol. The van der Waals surface area contributed by atoms with Gasteiger partial charge in [-0.25, -0.2) is 0 Å². The average Bonchev–Trinajstić information content (AvgIpc) is 2.35. The van der Waals surface area contributed by atoms with Crippen molar-refractivity contribution in [3.05, 3.63) is 0 Å². The van der Waals surface area contributed by atoms with Gasteiger partial charge in [0.25, 0.3) is 0 Å². The summed E-state index contributed by atoms with van der Waals surface area (Å²) in [6.07, 6.45) is 2.67.